The number of amides is 1. The zero-order valence-corrected chi connectivity index (χ0v) is 29.5. The molecule has 1 atom stereocenters. The minimum Gasteiger partial charge on any atom is -0.504 e. The predicted octanol–water partition coefficient (Wildman–Crippen LogP) is 3.96. The van der Waals surface area contributed by atoms with E-state index in [1.165, 1.54) is 16.9 Å². The fourth-order valence-corrected chi connectivity index (χ4v) is 6.40. The van der Waals surface area contributed by atoms with Gasteiger partial charge in [-0.2, -0.15) is 22.7 Å². The van der Waals surface area contributed by atoms with E-state index in [0.717, 1.165) is 42.5 Å². The second-order valence-electron chi connectivity index (χ2n) is 12.5. The largest absolute Gasteiger partial charge is 0.504 e. The van der Waals surface area contributed by atoms with Crippen molar-refractivity contribution in [3.05, 3.63) is 75.0 Å². The SMILES string of the molecule is CCc1c(N2CCC[C@@H](CNC(=O)c3ncnc(C)c3O)C2)c(=O)n2nc(C3=CCOCC3)nc2n1CC=O.CNc1ccc(C(F)(F)F)cc1C. The molecular weight excluding hydrogens is 683 g/mol. The summed E-state index contributed by atoms with van der Waals surface area (Å²) in [5.41, 5.74) is 2.84. The molecule has 0 bridgehead atoms. The van der Waals surface area contributed by atoms with Crippen molar-refractivity contribution < 1.29 is 32.6 Å². The number of aromatic nitrogens is 6. The van der Waals surface area contributed by atoms with Crippen LogP contribution in [0, 0.1) is 19.8 Å². The zero-order chi connectivity index (χ0) is 37.6. The van der Waals surface area contributed by atoms with Gasteiger partial charge in [0.15, 0.2) is 17.3 Å². The van der Waals surface area contributed by atoms with Crippen molar-refractivity contribution in [1.29, 1.82) is 0 Å². The Bertz CT molecular complexity index is 2030. The van der Waals surface area contributed by atoms with Crippen molar-refractivity contribution in [1.82, 2.24) is 34.4 Å². The van der Waals surface area contributed by atoms with Crippen LogP contribution in [0.2, 0.25) is 0 Å². The van der Waals surface area contributed by atoms with Gasteiger partial charge in [0, 0.05) is 32.4 Å². The van der Waals surface area contributed by atoms with E-state index in [1.54, 1.807) is 25.5 Å². The van der Waals surface area contributed by atoms with E-state index >= 15 is 0 Å². The van der Waals surface area contributed by atoms with E-state index in [9.17, 15) is 32.7 Å². The molecule has 52 heavy (non-hydrogen) atoms. The lowest BCUT2D eigenvalue weighted by Gasteiger charge is -2.35. The Hall–Kier alpha value is -5.32. The molecule has 0 radical (unpaired) electrons. The third-order valence-corrected chi connectivity index (χ3v) is 9.10. The molecule has 2 aliphatic rings. The van der Waals surface area contributed by atoms with Gasteiger partial charge in [-0.1, -0.05) is 13.0 Å². The molecule has 3 N–H and O–H groups in total. The second kappa shape index (κ2) is 16.4. The minimum absolute atomic E-state index is 0.0510. The van der Waals surface area contributed by atoms with Gasteiger partial charge in [0.1, 0.15) is 18.3 Å². The summed E-state index contributed by atoms with van der Waals surface area (Å²) in [6.45, 7) is 7.83. The second-order valence-corrected chi connectivity index (χ2v) is 12.5. The van der Waals surface area contributed by atoms with Crippen LogP contribution in [0.3, 0.4) is 0 Å². The van der Waals surface area contributed by atoms with Gasteiger partial charge >= 0.3 is 6.18 Å². The Morgan fingerprint density at radius 2 is 2.00 bits per heavy atom. The summed E-state index contributed by atoms with van der Waals surface area (Å²) >= 11 is 0. The molecule has 0 aliphatic carbocycles. The fourth-order valence-electron chi connectivity index (χ4n) is 6.40. The normalized spacial score (nSPS) is 16.2. The summed E-state index contributed by atoms with van der Waals surface area (Å²) in [6, 6.07) is 3.63. The average Bonchev–Trinajstić information content (AvgIpc) is 3.59. The number of carbonyl (C=O) groups is 2. The number of hydrogen-bond acceptors (Lipinski definition) is 11. The van der Waals surface area contributed by atoms with E-state index in [2.05, 4.69) is 30.7 Å². The first kappa shape index (κ1) is 37.9. The highest BCUT2D eigenvalue weighted by Gasteiger charge is 2.31. The summed E-state index contributed by atoms with van der Waals surface area (Å²) in [5.74, 6) is 0.163. The number of hydrogen-bond donors (Lipinski definition) is 3. The predicted molar refractivity (Wildman–Crippen MR) is 188 cm³/mol. The van der Waals surface area contributed by atoms with Gasteiger partial charge in [-0.15, -0.1) is 5.10 Å². The van der Waals surface area contributed by atoms with Crippen molar-refractivity contribution in [2.75, 3.05) is 50.1 Å². The fraction of sp³-hybridized carbons (Fsp3) is 0.457. The maximum atomic E-state index is 13.8. The molecular formula is C35H42F3N9O5. The molecule has 1 amide bonds. The van der Waals surface area contributed by atoms with E-state index in [-0.39, 0.29) is 29.5 Å². The first-order chi connectivity index (χ1) is 24.9. The van der Waals surface area contributed by atoms with Crippen molar-refractivity contribution in [3.63, 3.8) is 0 Å². The highest BCUT2D eigenvalue weighted by Crippen LogP contribution is 2.31. The van der Waals surface area contributed by atoms with Crippen molar-refractivity contribution in [3.8, 4) is 5.75 Å². The van der Waals surface area contributed by atoms with Crippen LogP contribution >= 0.6 is 0 Å². The smallest absolute Gasteiger partial charge is 0.416 e. The molecule has 4 aromatic rings. The maximum absolute atomic E-state index is 13.8. The Labute approximate surface area is 297 Å². The molecule has 5 heterocycles. The van der Waals surface area contributed by atoms with Crippen molar-refractivity contribution in [2.24, 2.45) is 5.92 Å². The van der Waals surface area contributed by atoms with E-state index in [0.29, 0.717) is 79.9 Å². The molecule has 17 heteroatoms. The van der Waals surface area contributed by atoms with Gasteiger partial charge in [-0.3, -0.25) is 9.59 Å². The number of aldehydes is 1. The Morgan fingerprint density at radius 1 is 1.21 bits per heavy atom. The van der Waals surface area contributed by atoms with E-state index in [1.807, 2.05) is 17.9 Å². The summed E-state index contributed by atoms with van der Waals surface area (Å²) < 4.78 is 45.0. The van der Waals surface area contributed by atoms with E-state index < -0.39 is 17.6 Å². The maximum Gasteiger partial charge on any atom is 0.416 e. The van der Waals surface area contributed by atoms with Crippen molar-refractivity contribution >= 4 is 34.9 Å². The van der Waals surface area contributed by atoms with Gasteiger partial charge in [-0.05, 0) is 74.8 Å². The van der Waals surface area contributed by atoms with Gasteiger partial charge in [0.25, 0.3) is 11.5 Å². The van der Waals surface area contributed by atoms with Gasteiger partial charge in [-0.25, -0.2) is 9.97 Å². The molecule has 1 fully saturated rings. The molecule has 0 spiro atoms. The lowest BCUT2D eigenvalue weighted by Crippen LogP contribution is -2.44. The summed E-state index contributed by atoms with van der Waals surface area (Å²) in [6.07, 6.45) is 2.57. The molecule has 2 aliphatic heterocycles. The number of nitrogens with one attached hydrogen (secondary N) is 2. The number of halogens is 3. The number of aryl methyl sites for hydroxylation is 2. The Kier molecular flexibility index (Phi) is 11.9. The number of ether oxygens (including phenoxy) is 1. The highest BCUT2D eigenvalue weighted by molar-refractivity contribution is 5.94. The van der Waals surface area contributed by atoms with Gasteiger partial charge < -0.3 is 34.7 Å². The molecule has 1 saturated heterocycles. The number of piperidine rings is 1. The molecule has 6 rings (SSSR count). The number of nitrogens with zero attached hydrogens (tertiary/aromatic N) is 7. The van der Waals surface area contributed by atoms with Crippen LogP contribution in [0.25, 0.3) is 11.4 Å². The number of rotatable bonds is 9. The minimum atomic E-state index is -4.25. The van der Waals surface area contributed by atoms with Crippen LogP contribution in [0.4, 0.5) is 24.5 Å². The molecule has 0 unspecified atom stereocenters. The van der Waals surface area contributed by atoms with Crippen LogP contribution in [0.1, 0.15) is 65.0 Å². The molecule has 1 aromatic carbocycles. The highest BCUT2D eigenvalue weighted by atomic mass is 19.4. The lowest BCUT2D eigenvalue weighted by molar-refractivity contribution is -0.137. The number of aromatic hydroxyl groups is 1. The molecule has 0 saturated carbocycles. The van der Waals surface area contributed by atoms with Crippen LogP contribution in [-0.4, -0.2) is 86.3 Å². The average molecular weight is 726 g/mol. The van der Waals surface area contributed by atoms with Crippen LogP contribution in [0.15, 0.2) is 35.4 Å². The lowest BCUT2D eigenvalue weighted by atomic mass is 9.97. The summed E-state index contributed by atoms with van der Waals surface area (Å²) in [4.78, 5) is 52.7. The monoisotopic (exact) mass is 725 g/mol. The van der Waals surface area contributed by atoms with Crippen LogP contribution in [0.5, 0.6) is 5.75 Å². The molecule has 14 nitrogen and oxygen atoms in total. The summed E-state index contributed by atoms with van der Waals surface area (Å²) in [5, 5.41) is 20.4. The number of carbonyl (C=O) groups excluding carboxylic acids is 2. The topological polar surface area (TPSA) is 169 Å². The molecule has 3 aromatic heterocycles. The number of fused-ring (bicyclic) bond motifs is 1. The van der Waals surface area contributed by atoms with Gasteiger partial charge in [0.05, 0.1) is 36.7 Å². The first-order valence-corrected chi connectivity index (χ1v) is 17.0. The third kappa shape index (κ3) is 8.25. The Balaban J connectivity index is 0.000000340. The van der Waals surface area contributed by atoms with E-state index in [4.69, 9.17) is 4.74 Å². The number of anilines is 2. The molecule has 278 valence electrons. The standard InChI is InChI=1S/C26H32N8O5.C9H10F3N/c1-3-19-21(25(38)34-26(33(19)9-10-35)30-23(31-34)18-6-11-39-12-7-18)32-8-4-5-17(14-32)13-27-24(37)20-22(36)16(2)28-15-29-20;1-6-5-7(9(10,11)12)3-4-8(6)13-2/h6,10,15,17,36H,3-5,7-9,11-14H2,1-2H3,(H,27,37);3-5,13H,1-2H3/t17-;/m0./s1. The van der Waals surface area contributed by atoms with Crippen LogP contribution < -0.4 is 21.1 Å². The zero-order valence-electron chi connectivity index (χ0n) is 29.5. The van der Waals surface area contributed by atoms with Crippen molar-refractivity contribution in [2.45, 2.75) is 59.2 Å². The number of benzene rings is 1. The first-order valence-electron chi connectivity index (χ1n) is 17.0. The number of alkyl halides is 3. The van der Waals surface area contributed by atoms with Crippen LogP contribution in [-0.2, 0) is 28.7 Å². The Morgan fingerprint density at radius 3 is 2.65 bits per heavy atom. The third-order valence-electron chi connectivity index (χ3n) is 9.10. The summed E-state index contributed by atoms with van der Waals surface area (Å²) in [7, 11) is 1.68. The van der Waals surface area contributed by atoms with Gasteiger partial charge in [0.2, 0.25) is 5.78 Å². The quantitative estimate of drug-likeness (QED) is 0.214.